The quantitative estimate of drug-likeness (QED) is 0.859. The SMILES string of the molecule is C[C@@H](C[C@H](O)c1ccccc1)Nc1ccccc1S(C)(=O)=O. The van der Waals surface area contributed by atoms with Crippen LogP contribution < -0.4 is 5.32 Å². The molecule has 0 aliphatic carbocycles. The van der Waals surface area contributed by atoms with Crippen LogP contribution in [0.1, 0.15) is 25.0 Å². The summed E-state index contributed by atoms with van der Waals surface area (Å²) in [6.07, 6.45) is 1.09. The lowest BCUT2D eigenvalue weighted by molar-refractivity contribution is 0.162. The van der Waals surface area contributed by atoms with Gasteiger partial charge < -0.3 is 10.4 Å². The third-order valence-corrected chi connectivity index (χ3v) is 4.60. The molecule has 0 unspecified atom stereocenters. The van der Waals surface area contributed by atoms with Gasteiger partial charge in [0.05, 0.1) is 16.7 Å². The molecule has 22 heavy (non-hydrogen) atoms. The molecule has 0 amide bonds. The summed E-state index contributed by atoms with van der Waals surface area (Å²) in [4.78, 5) is 0.274. The molecule has 2 aromatic carbocycles. The standard InChI is InChI=1S/C17H21NO3S/c1-13(12-16(19)14-8-4-3-5-9-14)18-15-10-6-7-11-17(15)22(2,20)21/h3-11,13,16,18-19H,12H2,1-2H3/t13-,16-/m0/s1. The third kappa shape index (κ3) is 4.32. The molecule has 2 rings (SSSR count). The molecule has 0 fully saturated rings. The molecule has 0 radical (unpaired) electrons. The van der Waals surface area contributed by atoms with Gasteiger partial charge in [-0.3, -0.25) is 0 Å². The van der Waals surface area contributed by atoms with Gasteiger partial charge in [0.1, 0.15) is 0 Å². The van der Waals surface area contributed by atoms with Gasteiger partial charge in [-0.25, -0.2) is 8.42 Å². The van der Waals surface area contributed by atoms with Crippen LogP contribution >= 0.6 is 0 Å². The fraction of sp³-hybridized carbons (Fsp3) is 0.294. The molecule has 2 aromatic rings. The molecule has 4 nitrogen and oxygen atoms in total. The normalized spacial score (nSPS) is 14.3. The molecule has 0 saturated carbocycles. The number of rotatable bonds is 6. The second-order valence-electron chi connectivity index (χ2n) is 5.48. The number of nitrogens with one attached hydrogen (secondary N) is 1. The van der Waals surface area contributed by atoms with Crippen LogP contribution in [-0.2, 0) is 9.84 Å². The molecule has 0 spiro atoms. The maximum atomic E-state index is 11.8. The molecule has 0 aliphatic rings. The first-order chi connectivity index (χ1) is 10.4. The van der Waals surface area contributed by atoms with E-state index in [4.69, 9.17) is 0 Å². The van der Waals surface area contributed by atoms with E-state index in [1.54, 1.807) is 24.3 Å². The van der Waals surface area contributed by atoms with Crippen molar-refractivity contribution in [3.63, 3.8) is 0 Å². The van der Waals surface area contributed by atoms with E-state index >= 15 is 0 Å². The van der Waals surface area contributed by atoms with Gasteiger partial charge in [-0.2, -0.15) is 0 Å². The second kappa shape index (κ2) is 6.94. The molecule has 5 heteroatoms. The number of hydrogen-bond donors (Lipinski definition) is 2. The Morgan fingerprint density at radius 3 is 2.27 bits per heavy atom. The summed E-state index contributed by atoms with van der Waals surface area (Å²) in [5, 5.41) is 13.4. The van der Waals surface area contributed by atoms with Crippen LogP contribution in [0.15, 0.2) is 59.5 Å². The number of sulfone groups is 1. The van der Waals surface area contributed by atoms with E-state index in [1.165, 1.54) is 6.26 Å². The van der Waals surface area contributed by atoms with Gasteiger partial charge in [0, 0.05) is 12.3 Å². The molecule has 0 aromatic heterocycles. The minimum atomic E-state index is -3.28. The zero-order chi connectivity index (χ0) is 16.2. The van der Waals surface area contributed by atoms with Crippen LogP contribution in [0.3, 0.4) is 0 Å². The van der Waals surface area contributed by atoms with Crippen LogP contribution in [0.25, 0.3) is 0 Å². The van der Waals surface area contributed by atoms with Crippen molar-refractivity contribution in [1.82, 2.24) is 0 Å². The topological polar surface area (TPSA) is 66.4 Å². The Balaban J connectivity index is 2.09. The summed E-state index contributed by atoms with van der Waals surface area (Å²) in [7, 11) is -3.28. The fourth-order valence-electron chi connectivity index (χ4n) is 2.38. The van der Waals surface area contributed by atoms with Crippen LogP contribution in [0.4, 0.5) is 5.69 Å². The van der Waals surface area contributed by atoms with Crippen LogP contribution in [0.2, 0.25) is 0 Å². The summed E-state index contributed by atoms with van der Waals surface area (Å²) >= 11 is 0. The van der Waals surface area contributed by atoms with Gasteiger partial charge >= 0.3 is 0 Å². The molecule has 0 aliphatic heterocycles. The third-order valence-electron chi connectivity index (χ3n) is 3.45. The van der Waals surface area contributed by atoms with Gasteiger partial charge in [-0.15, -0.1) is 0 Å². The molecule has 2 N–H and O–H groups in total. The first kappa shape index (κ1) is 16.5. The van der Waals surface area contributed by atoms with Crippen molar-refractivity contribution in [3.05, 3.63) is 60.2 Å². The Morgan fingerprint density at radius 1 is 1.05 bits per heavy atom. The number of aliphatic hydroxyl groups excluding tert-OH is 1. The Labute approximate surface area is 131 Å². The molecule has 0 bridgehead atoms. The van der Waals surface area contributed by atoms with Crippen molar-refractivity contribution >= 4 is 15.5 Å². The summed E-state index contributed by atoms with van der Waals surface area (Å²) in [5.74, 6) is 0. The van der Waals surface area contributed by atoms with Crippen molar-refractivity contribution < 1.29 is 13.5 Å². The van der Waals surface area contributed by atoms with Crippen LogP contribution in [0.5, 0.6) is 0 Å². The van der Waals surface area contributed by atoms with E-state index in [0.29, 0.717) is 12.1 Å². The van der Waals surface area contributed by atoms with E-state index < -0.39 is 15.9 Å². The average molecular weight is 319 g/mol. The maximum absolute atomic E-state index is 11.8. The Kier molecular flexibility index (Phi) is 5.21. The molecule has 2 atom stereocenters. The Morgan fingerprint density at radius 2 is 1.64 bits per heavy atom. The summed E-state index contributed by atoms with van der Waals surface area (Å²) < 4.78 is 23.6. The highest BCUT2D eigenvalue weighted by Gasteiger charge is 2.16. The van der Waals surface area contributed by atoms with E-state index in [0.717, 1.165) is 5.56 Å². The lowest BCUT2D eigenvalue weighted by Gasteiger charge is -2.20. The number of anilines is 1. The highest BCUT2D eigenvalue weighted by atomic mass is 32.2. The van der Waals surface area contributed by atoms with Gasteiger partial charge in [-0.1, -0.05) is 42.5 Å². The average Bonchev–Trinajstić information content (AvgIpc) is 2.47. The smallest absolute Gasteiger partial charge is 0.177 e. The number of hydrogen-bond acceptors (Lipinski definition) is 4. The van der Waals surface area contributed by atoms with Crippen molar-refractivity contribution in [1.29, 1.82) is 0 Å². The minimum absolute atomic E-state index is 0.0712. The number of benzene rings is 2. The van der Waals surface area contributed by atoms with Crippen LogP contribution in [0, 0.1) is 0 Å². The second-order valence-corrected chi connectivity index (χ2v) is 7.46. The first-order valence-electron chi connectivity index (χ1n) is 7.16. The first-order valence-corrected chi connectivity index (χ1v) is 9.05. The minimum Gasteiger partial charge on any atom is -0.388 e. The van der Waals surface area contributed by atoms with Crippen LogP contribution in [-0.4, -0.2) is 25.8 Å². The monoisotopic (exact) mass is 319 g/mol. The lowest BCUT2D eigenvalue weighted by Crippen LogP contribution is -2.20. The summed E-state index contributed by atoms with van der Waals surface area (Å²) in [5.41, 5.74) is 1.42. The van der Waals surface area contributed by atoms with E-state index in [1.807, 2.05) is 37.3 Å². The van der Waals surface area contributed by atoms with Gasteiger partial charge in [0.25, 0.3) is 0 Å². The lowest BCUT2D eigenvalue weighted by atomic mass is 10.0. The summed E-state index contributed by atoms with van der Waals surface area (Å²) in [6.45, 7) is 1.92. The van der Waals surface area contributed by atoms with E-state index in [9.17, 15) is 13.5 Å². The van der Waals surface area contributed by atoms with Crippen molar-refractivity contribution in [2.45, 2.75) is 30.4 Å². The van der Waals surface area contributed by atoms with Gasteiger partial charge in [0.2, 0.25) is 0 Å². The molecule has 0 saturated heterocycles. The van der Waals surface area contributed by atoms with Crippen molar-refractivity contribution in [2.24, 2.45) is 0 Å². The maximum Gasteiger partial charge on any atom is 0.177 e. The summed E-state index contributed by atoms with van der Waals surface area (Å²) in [6, 6.07) is 16.2. The fourth-order valence-corrected chi connectivity index (χ4v) is 3.23. The van der Waals surface area contributed by atoms with E-state index in [2.05, 4.69) is 5.32 Å². The van der Waals surface area contributed by atoms with Gasteiger partial charge in [0.15, 0.2) is 9.84 Å². The number of para-hydroxylation sites is 1. The zero-order valence-electron chi connectivity index (χ0n) is 12.7. The predicted octanol–water partition coefficient (Wildman–Crippen LogP) is 3.01. The Bertz CT molecular complexity index is 714. The molecule has 0 heterocycles. The highest BCUT2D eigenvalue weighted by Crippen LogP contribution is 2.24. The molecule has 118 valence electrons. The number of aliphatic hydroxyl groups is 1. The Hall–Kier alpha value is -1.85. The highest BCUT2D eigenvalue weighted by molar-refractivity contribution is 7.90. The molecular weight excluding hydrogens is 298 g/mol. The van der Waals surface area contributed by atoms with Crippen molar-refractivity contribution in [2.75, 3.05) is 11.6 Å². The molecular formula is C17H21NO3S. The van der Waals surface area contributed by atoms with Crippen molar-refractivity contribution in [3.8, 4) is 0 Å². The largest absolute Gasteiger partial charge is 0.388 e. The zero-order valence-corrected chi connectivity index (χ0v) is 13.5. The predicted molar refractivity (Wildman–Crippen MR) is 88.7 cm³/mol. The van der Waals surface area contributed by atoms with Gasteiger partial charge in [-0.05, 0) is 31.0 Å². The van der Waals surface area contributed by atoms with E-state index in [-0.39, 0.29) is 10.9 Å².